The summed E-state index contributed by atoms with van der Waals surface area (Å²) < 4.78 is 0. The van der Waals surface area contributed by atoms with E-state index in [4.69, 9.17) is 5.11 Å². The fraction of sp³-hybridized carbons (Fsp3) is 0.429. The minimum Gasteiger partial charge on any atom is -0.397 e. The Hall–Kier alpha value is -1.53. The van der Waals surface area contributed by atoms with E-state index in [1.165, 1.54) is 0 Å². The molecule has 2 heterocycles. The zero-order chi connectivity index (χ0) is 14.8. The van der Waals surface area contributed by atoms with E-state index in [1.54, 1.807) is 30.0 Å². The number of aliphatic hydroxyl groups excluding tert-OH is 1. The summed E-state index contributed by atoms with van der Waals surface area (Å²) >= 11 is 1.60. The van der Waals surface area contributed by atoms with Gasteiger partial charge in [-0.05, 0) is 19.1 Å². The molecule has 4 nitrogen and oxygen atoms in total. The standard InChI is InChI=1S/C5H10O.C4H5N.C3H3NS.C2H6O.FH/c1-3-5(6)4-2;1-2-4-5-3-1;1-2-5-3-4-1;1-2-3;/h3-4H2,1-2H3;1-5H;1-3H;3H,2H2,1H3;1H. The van der Waals surface area contributed by atoms with Crippen LogP contribution >= 0.6 is 11.3 Å². The molecule has 116 valence electrons. The first kappa shape index (κ1) is 23.6. The Bertz CT molecular complexity index is 273. The van der Waals surface area contributed by atoms with Crippen molar-refractivity contribution in [2.24, 2.45) is 0 Å². The highest BCUT2D eigenvalue weighted by atomic mass is 32.1. The molecule has 0 aliphatic carbocycles. The highest BCUT2D eigenvalue weighted by Gasteiger charge is 1.86. The summed E-state index contributed by atoms with van der Waals surface area (Å²) in [6.45, 7) is 5.69. The number of thiazole rings is 1. The van der Waals surface area contributed by atoms with Crippen LogP contribution < -0.4 is 0 Å². The van der Waals surface area contributed by atoms with Gasteiger partial charge in [0.05, 0.1) is 5.51 Å². The van der Waals surface area contributed by atoms with Crippen molar-refractivity contribution >= 4 is 17.1 Å². The Balaban J connectivity index is -0.000000194. The van der Waals surface area contributed by atoms with Gasteiger partial charge in [-0.1, -0.05) is 13.8 Å². The smallest absolute Gasteiger partial charge is 0.132 e. The fourth-order valence-corrected chi connectivity index (χ4v) is 1.05. The molecule has 2 aromatic heterocycles. The lowest BCUT2D eigenvalue weighted by Gasteiger charge is -1.81. The van der Waals surface area contributed by atoms with Gasteiger partial charge in [-0.2, -0.15) is 0 Å². The van der Waals surface area contributed by atoms with Crippen molar-refractivity contribution in [2.45, 2.75) is 33.6 Å². The monoisotopic (exact) mass is 304 g/mol. The highest BCUT2D eigenvalue weighted by molar-refractivity contribution is 7.07. The van der Waals surface area contributed by atoms with Crippen LogP contribution in [0.5, 0.6) is 0 Å². The van der Waals surface area contributed by atoms with E-state index in [0.717, 1.165) is 0 Å². The zero-order valence-corrected chi connectivity index (χ0v) is 13.1. The fourth-order valence-electron chi connectivity index (χ4n) is 0.703. The molecule has 0 amide bonds. The van der Waals surface area contributed by atoms with Gasteiger partial charge in [-0.25, -0.2) is 0 Å². The maximum Gasteiger partial charge on any atom is 0.132 e. The summed E-state index contributed by atoms with van der Waals surface area (Å²) in [5.74, 6) is 0.343. The van der Waals surface area contributed by atoms with Crippen LogP contribution in [-0.2, 0) is 4.79 Å². The van der Waals surface area contributed by atoms with Crippen LogP contribution in [-0.4, -0.2) is 27.5 Å². The van der Waals surface area contributed by atoms with E-state index in [2.05, 4.69) is 9.97 Å². The minimum atomic E-state index is 0. The Morgan fingerprint density at radius 1 is 1.20 bits per heavy atom. The van der Waals surface area contributed by atoms with Gasteiger partial charge >= 0.3 is 0 Å². The van der Waals surface area contributed by atoms with E-state index in [1.807, 2.05) is 43.8 Å². The third kappa shape index (κ3) is 25.3. The second-order valence-corrected chi connectivity index (χ2v) is 3.88. The number of aliphatic hydroxyl groups is 1. The van der Waals surface area contributed by atoms with Gasteiger partial charge < -0.3 is 10.1 Å². The van der Waals surface area contributed by atoms with Crippen LogP contribution in [0.2, 0.25) is 0 Å². The number of carbonyl (C=O) groups is 1. The van der Waals surface area contributed by atoms with Gasteiger partial charge in [0.1, 0.15) is 5.78 Å². The van der Waals surface area contributed by atoms with Crippen molar-refractivity contribution in [3.63, 3.8) is 0 Å². The van der Waals surface area contributed by atoms with Gasteiger partial charge in [0.15, 0.2) is 0 Å². The topological polar surface area (TPSA) is 66.0 Å². The van der Waals surface area contributed by atoms with Crippen molar-refractivity contribution in [3.05, 3.63) is 41.6 Å². The van der Waals surface area contributed by atoms with Gasteiger partial charge in [0, 0.05) is 43.4 Å². The number of halogens is 1. The van der Waals surface area contributed by atoms with Crippen LogP contribution in [0.1, 0.15) is 33.6 Å². The van der Waals surface area contributed by atoms with E-state index in [9.17, 15) is 4.79 Å². The molecule has 2 N–H and O–H groups in total. The molecule has 20 heavy (non-hydrogen) atoms. The Labute approximate surface area is 124 Å². The molecule has 0 saturated carbocycles. The Morgan fingerprint density at radius 3 is 1.80 bits per heavy atom. The number of hydrogen-bond donors (Lipinski definition) is 2. The second-order valence-electron chi connectivity index (χ2n) is 3.12. The lowest BCUT2D eigenvalue weighted by Crippen LogP contribution is -1.88. The molecule has 2 aromatic rings. The number of nitrogens with one attached hydrogen (secondary N) is 1. The highest BCUT2D eigenvalue weighted by Crippen LogP contribution is 1.86. The third-order valence-electron chi connectivity index (χ3n) is 1.63. The molecular weight excluding hydrogens is 279 g/mol. The number of aromatic nitrogens is 2. The molecule has 6 heteroatoms. The number of hydrogen-bond acceptors (Lipinski definition) is 4. The molecule has 0 fully saturated rings. The van der Waals surface area contributed by atoms with E-state index in [0.29, 0.717) is 18.6 Å². The largest absolute Gasteiger partial charge is 0.397 e. The number of nitrogens with zero attached hydrogens (tertiary/aromatic N) is 1. The minimum absolute atomic E-state index is 0. The maximum atomic E-state index is 10.2. The number of aromatic amines is 1. The summed E-state index contributed by atoms with van der Waals surface area (Å²) in [6, 6.07) is 3.89. The van der Waals surface area contributed by atoms with Crippen LogP contribution in [0, 0.1) is 0 Å². The molecule has 2 rings (SSSR count). The van der Waals surface area contributed by atoms with Crippen molar-refractivity contribution in [3.8, 4) is 0 Å². The zero-order valence-electron chi connectivity index (χ0n) is 12.3. The van der Waals surface area contributed by atoms with Crippen LogP contribution in [0.25, 0.3) is 0 Å². The van der Waals surface area contributed by atoms with Gasteiger partial charge in [-0.15, -0.1) is 11.3 Å². The first-order valence-corrected chi connectivity index (χ1v) is 7.19. The van der Waals surface area contributed by atoms with E-state index < -0.39 is 0 Å². The summed E-state index contributed by atoms with van der Waals surface area (Å²) in [6.07, 6.45) is 6.90. The third-order valence-corrected chi connectivity index (χ3v) is 2.15. The molecular formula is C14H25FN2O2S. The summed E-state index contributed by atoms with van der Waals surface area (Å²) in [5, 5.41) is 9.50. The molecule has 0 saturated heterocycles. The van der Waals surface area contributed by atoms with Crippen molar-refractivity contribution in [1.82, 2.24) is 9.97 Å². The summed E-state index contributed by atoms with van der Waals surface area (Å²) in [5.41, 5.74) is 1.79. The average molecular weight is 304 g/mol. The predicted octanol–water partition coefficient (Wildman–Crippen LogP) is 3.68. The second kappa shape index (κ2) is 22.6. The first-order chi connectivity index (χ1) is 9.22. The first-order valence-electron chi connectivity index (χ1n) is 6.25. The Morgan fingerprint density at radius 2 is 1.70 bits per heavy atom. The van der Waals surface area contributed by atoms with E-state index in [-0.39, 0.29) is 11.3 Å². The van der Waals surface area contributed by atoms with Gasteiger partial charge in [0.25, 0.3) is 0 Å². The number of Topliss-reactive ketones (excluding diaryl/α,β-unsaturated/α-hetero) is 1. The lowest BCUT2D eigenvalue weighted by molar-refractivity contribution is -0.118. The number of rotatable bonds is 2. The van der Waals surface area contributed by atoms with Gasteiger partial charge in [0.2, 0.25) is 0 Å². The molecule has 0 aliphatic heterocycles. The normalized spacial score (nSPS) is 7.40. The van der Waals surface area contributed by atoms with Crippen molar-refractivity contribution in [2.75, 3.05) is 6.61 Å². The summed E-state index contributed by atoms with van der Waals surface area (Å²) in [7, 11) is 0. The molecule has 0 atom stereocenters. The lowest BCUT2D eigenvalue weighted by atomic mass is 10.3. The van der Waals surface area contributed by atoms with Crippen LogP contribution in [0.15, 0.2) is 41.6 Å². The predicted molar refractivity (Wildman–Crippen MR) is 83.8 cm³/mol. The van der Waals surface area contributed by atoms with Crippen molar-refractivity contribution in [1.29, 1.82) is 0 Å². The number of H-pyrrole nitrogens is 1. The molecule has 0 spiro atoms. The van der Waals surface area contributed by atoms with E-state index >= 15 is 0 Å². The van der Waals surface area contributed by atoms with Crippen molar-refractivity contribution < 1.29 is 14.6 Å². The Kier molecular flexibility index (Phi) is 26.7. The molecule has 0 aromatic carbocycles. The molecule has 0 aliphatic rings. The molecule has 0 bridgehead atoms. The molecule has 0 unspecified atom stereocenters. The summed E-state index contributed by atoms with van der Waals surface area (Å²) in [4.78, 5) is 16.8. The van der Waals surface area contributed by atoms with Crippen LogP contribution in [0.3, 0.4) is 0 Å². The number of ketones is 1. The van der Waals surface area contributed by atoms with Crippen LogP contribution in [0.4, 0.5) is 4.70 Å². The molecule has 0 radical (unpaired) electrons. The SMILES string of the molecule is CCC(=O)CC.CCO.F.c1cc[nH]c1.c1cscn1. The number of carbonyl (C=O) groups excluding carboxylic acids is 1. The maximum absolute atomic E-state index is 10.2. The quantitative estimate of drug-likeness (QED) is 0.889. The van der Waals surface area contributed by atoms with Gasteiger partial charge in [-0.3, -0.25) is 14.5 Å². The average Bonchev–Trinajstić information content (AvgIpc) is 3.14.